The number of aromatic hydroxyl groups is 2. The summed E-state index contributed by atoms with van der Waals surface area (Å²) in [6, 6.07) is 17.5. The van der Waals surface area contributed by atoms with Gasteiger partial charge in [0.15, 0.2) is 11.5 Å². The number of alkyl halides is 3. The number of unbranched alkanes of at least 4 members (excludes halogenated alkanes) is 3. The van der Waals surface area contributed by atoms with E-state index in [1.54, 1.807) is 30.3 Å². The average molecular weight is 667 g/mol. The molecule has 0 aliphatic carbocycles. The third-order valence-corrected chi connectivity index (χ3v) is 9.49. The van der Waals surface area contributed by atoms with Crippen molar-refractivity contribution in [1.29, 1.82) is 0 Å². The van der Waals surface area contributed by atoms with Gasteiger partial charge in [-0.05, 0) is 61.6 Å². The molecule has 13 heteroatoms. The van der Waals surface area contributed by atoms with Gasteiger partial charge >= 0.3 is 11.8 Å². The Hall–Kier alpha value is -4.65. The Bertz CT molecular complexity index is 2130. The number of anilines is 2. The molecule has 0 aliphatic rings. The van der Waals surface area contributed by atoms with Crippen molar-refractivity contribution < 1.29 is 36.2 Å². The fourth-order valence-corrected chi connectivity index (χ4v) is 7.23. The van der Waals surface area contributed by atoms with E-state index in [0.717, 1.165) is 28.2 Å². The van der Waals surface area contributed by atoms with Crippen LogP contribution in [0, 0.1) is 0 Å². The van der Waals surface area contributed by atoms with Gasteiger partial charge in [-0.2, -0.15) is 13.2 Å². The molecule has 1 heterocycles. The van der Waals surface area contributed by atoms with Crippen molar-refractivity contribution in [3.05, 3.63) is 93.8 Å². The highest BCUT2D eigenvalue weighted by Crippen LogP contribution is 2.42. The number of sulfonamides is 1. The topological polar surface area (TPSA) is 120 Å². The molecular weight excluding hydrogens is 632 g/mol. The quantitative estimate of drug-likeness (QED) is 0.0701. The summed E-state index contributed by atoms with van der Waals surface area (Å²) in [6.45, 7) is 0. The predicted molar refractivity (Wildman–Crippen MR) is 180 cm³/mol. The van der Waals surface area contributed by atoms with Crippen molar-refractivity contribution in [3.63, 3.8) is 0 Å². The fraction of sp³-hybridized carbons (Fsp3) is 0.265. The largest absolute Gasteiger partial charge is 0.504 e. The Labute approximate surface area is 270 Å². The van der Waals surface area contributed by atoms with Crippen LogP contribution in [-0.2, 0) is 29.0 Å². The van der Waals surface area contributed by atoms with Crippen molar-refractivity contribution in [2.24, 2.45) is 0 Å². The molecule has 0 fully saturated rings. The molecule has 4 aromatic carbocycles. The van der Waals surface area contributed by atoms with E-state index in [0.29, 0.717) is 49.2 Å². The van der Waals surface area contributed by atoms with E-state index in [-0.39, 0.29) is 16.9 Å². The van der Waals surface area contributed by atoms with E-state index in [2.05, 4.69) is 4.72 Å². The number of rotatable bonds is 11. The molecule has 0 unspecified atom stereocenters. The number of benzene rings is 4. The van der Waals surface area contributed by atoms with Gasteiger partial charge in [-0.25, -0.2) is 13.2 Å². The number of aryl methyl sites for hydroxylation is 2. The van der Waals surface area contributed by atoms with Crippen molar-refractivity contribution in [1.82, 2.24) is 0 Å². The summed E-state index contributed by atoms with van der Waals surface area (Å²) in [5, 5.41) is 21.5. The normalized spacial score (nSPS) is 12.1. The van der Waals surface area contributed by atoms with Crippen molar-refractivity contribution in [3.8, 4) is 11.5 Å². The van der Waals surface area contributed by atoms with Crippen LogP contribution in [0.15, 0.2) is 80.8 Å². The molecule has 47 heavy (non-hydrogen) atoms. The third kappa shape index (κ3) is 7.35. The minimum Gasteiger partial charge on any atom is -0.504 e. The van der Waals surface area contributed by atoms with Gasteiger partial charge in [-0.15, -0.1) is 0 Å². The van der Waals surface area contributed by atoms with Gasteiger partial charge in [0.2, 0.25) is 0 Å². The van der Waals surface area contributed by atoms with Gasteiger partial charge in [-0.1, -0.05) is 42.6 Å². The predicted octanol–water partition coefficient (Wildman–Crippen LogP) is 5.85. The molecule has 5 rings (SSSR count). The smallest absolute Gasteiger partial charge is 0.417 e. The van der Waals surface area contributed by atoms with Crippen molar-refractivity contribution >= 4 is 56.4 Å². The molecule has 246 valence electrons. The van der Waals surface area contributed by atoms with Crippen LogP contribution >= 0.6 is 0 Å². The second kappa shape index (κ2) is 13.2. The first-order valence-corrected chi connectivity index (χ1v) is 16.6. The second-order valence-electron chi connectivity index (χ2n) is 11.8. The number of phenolic OH excluding ortho intramolecular Hbond substituents is 2. The molecule has 3 N–H and O–H groups in total. The molecular formula is C34H34BF3N2O6S. The lowest BCUT2D eigenvalue weighted by Crippen LogP contribution is -2.16. The van der Waals surface area contributed by atoms with Gasteiger partial charge in [0, 0.05) is 59.3 Å². The molecule has 0 bridgehead atoms. The van der Waals surface area contributed by atoms with Crippen molar-refractivity contribution in [2.45, 2.75) is 49.6 Å². The Kier molecular flexibility index (Phi) is 9.49. The molecule has 0 saturated heterocycles. The van der Waals surface area contributed by atoms with E-state index in [1.807, 2.05) is 51.1 Å². The Morgan fingerprint density at radius 2 is 1.60 bits per heavy atom. The molecule has 0 aliphatic heterocycles. The van der Waals surface area contributed by atoms with Crippen LogP contribution in [0.5, 0.6) is 11.5 Å². The summed E-state index contributed by atoms with van der Waals surface area (Å²) in [4.78, 5) is 13.8. The highest BCUT2D eigenvalue weighted by molar-refractivity contribution is 7.93. The standard InChI is InChI=1S/C34H34BF3N2O6S/c1-40(2)27-14-8-13-23-25(27)15-20(16-30(23)47(44,45)39-22-11-7-10-21(35)17-22)9-5-3-4-6-12-24-32-26(34(36,37)38)18-31(42)46-29(32)19-28(41)33(24)43/h7-8,10-11,13-19,39,41,43H,3-6,9,12,35H2,1-2H3. The molecule has 5 aromatic rings. The Morgan fingerprint density at radius 3 is 2.28 bits per heavy atom. The zero-order valence-electron chi connectivity index (χ0n) is 26.1. The number of hydrogen-bond acceptors (Lipinski definition) is 7. The zero-order chi connectivity index (χ0) is 34.1. The van der Waals surface area contributed by atoms with Crippen LogP contribution < -0.4 is 20.7 Å². The third-order valence-electron chi connectivity index (χ3n) is 8.07. The number of hydrogen-bond donors (Lipinski definition) is 3. The number of nitrogens with one attached hydrogen (secondary N) is 1. The summed E-state index contributed by atoms with van der Waals surface area (Å²) in [5.41, 5.74) is 0.0190. The minimum atomic E-state index is -4.87. The van der Waals surface area contributed by atoms with Gasteiger partial charge in [0.1, 0.15) is 13.4 Å². The number of nitrogens with zero attached hydrogens (tertiary/aromatic N) is 1. The van der Waals surface area contributed by atoms with E-state index >= 15 is 0 Å². The summed E-state index contributed by atoms with van der Waals surface area (Å²) < 4.78 is 76.4. The maximum Gasteiger partial charge on any atom is 0.417 e. The van der Waals surface area contributed by atoms with Crippen LogP contribution in [0.4, 0.5) is 24.5 Å². The van der Waals surface area contributed by atoms with Crippen molar-refractivity contribution in [2.75, 3.05) is 23.7 Å². The lowest BCUT2D eigenvalue weighted by atomic mass is 9.96. The molecule has 1 aromatic heterocycles. The van der Waals surface area contributed by atoms with Gasteiger partial charge in [-0.3, -0.25) is 4.72 Å². The first-order chi connectivity index (χ1) is 22.2. The Morgan fingerprint density at radius 1 is 0.894 bits per heavy atom. The highest BCUT2D eigenvalue weighted by atomic mass is 32.2. The molecule has 0 atom stereocenters. The molecule has 8 nitrogen and oxygen atoms in total. The number of fused-ring (bicyclic) bond motifs is 2. The number of phenols is 2. The maximum atomic E-state index is 13.8. The van der Waals surface area contributed by atoms with E-state index in [4.69, 9.17) is 4.42 Å². The second-order valence-corrected chi connectivity index (χ2v) is 13.5. The molecule has 0 radical (unpaired) electrons. The summed E-state index contributed by atoms with van der Waals surface area (Å²) >= 11 is 0. The van der Waals surface area contributed by atoms with Crippen LogP contribution in [0.3, 0.4) is 0 Å². The van der Waals surface area contributed by atoms with Crippen LogP contribution in [0.25, 0.3) is 21.7 Å². The zero-order valence-corrected chi connectivity index (χ0v) is 26.9. The van der Waals surface area contributed by atoms with Crippen LogP contribution in [0.1, 0.15) is 42.4 Å². The minimum absolute atomic E-state index is 0.00271. The molecule has 0 saturated carbocycles. The summed E-state index contributed by atoms with van der Waals surface area (Å²) in [7, 11) is 1.70. The molecule has 0 spiro atoms. The van der Waals surface area contributed by atoms with Crippen LogP contribution in [0.2, 0.25) is 0 Å². The highest BCUT2D eigenvalue weighted by Gasteiger charge is 2.35. The summed E-state index contributed by atoms with van der Waals surface area (Å²) in [5.74, 6) is -1.36. The van der Waals surface area contributed by atoms with Gasteiger partial charge in [0.05, 0.1) is 10.5 Å². The lowest BCUT2D eigenvalue weighted by molar-refractivity contribution is -0.136. The van der Waals surface area contributed by atoms with Gasteiger partial charge in [0.25, 0.3) is 10.0 Å². The first kappa shape index (κ1) is 33.7. The van der Waals surface area contributed by atoms with Gasteiger partial charge < -0.3 is 19.5 Å². The van der Waals surface area contributed by atoms with E-state index < -0.39 is 49.9 Å². The van der Waals surface area contributed by atoms with E-state index in [9.17, 15) is 36.6 Å². The summed E-state index contributed by atoms with van der Waals surface area (Å²) in [6.07, 6.45) is -2.04. The number of halogens is 3. The SMILES string of the molecule is Bc1cccc(NS(=O)(=O)c2cc(CCCCCCc3c(O)c(O)cc4oc(=O)cc(C(F)(F)F)c34)cc3c(N(C)C)cccc23)c1. The Balaban J connectivity index is 1.35. The first-order valence-electron chi connectivity index (χ1n) is 15.1. The average Bonchev–Trinajstić information content (AvgIpc) is 2.98. The maximum absolute atomic E-state index is 13.8. The van der Waals surface area contributed by atoms with E-state index in [1.165, 1.54) is 0 Å². The lowest BCUT2D eigenvalue weighted by Gasteiger charge is -2.19. The van der Waals surface area contributed by atoms with Crippen LogP contribution in [-0.4, -0.2) is 40.6 Å². The monoisotopic (exact) mass is 666 g/mol. The fourth-order valence-electron chi connectivity index (χ4n) is 5.91. The molecule has 0 amide bonds.